The van der Waals surface area contributed by atoms with E-state index < -0.39 is 0 Å². The highest BCUT2D eigenvalue weighted by atomic mass is 15.2. The van der Waals surface area contributed by atoms with Gasteiger partial charge < -0.3 is 4.90 Å². The Balaban J connectivity index is 2.28. The Morgan fingerprint density at radius 1 is 1.11 bits per heavy atom. The summed E-state index contributed by atoms with van der Waals surface area (Å²) in [5.41, 5.74) is 3.99. The van der Waals surface area contributed by atoms with Crippen LogP contribution in [0.5, 0.6) is 0 Å². The molecule has 0 radical (unpaired) electrons. The average molecular weight is 258 g/mol. The highest BCUT2D eigenvalue weighted by Gasteiger charge is 2.23. The Morgan fingerprint density at radius 2 is 1.68 bits per heavy atom. The maximum Gasteiger partial charge on any atom is 0.106 e. The topological polar surface area (TPSA) is 15.6 Å². The van der Waals surface area contributed by atoms with Crippen molar-refractivity contribution < 1.29 is 0 Å². The molecule has 0 heterocycles. The van der Waals surface area contributed by atoms with E-state index in [1.165, 1.54) is 54.8 Å². The van der Waals surface area contributed by atoms with Gasteiger partial charge in [0.15, 0.2) is 0 Å². The van der Waals surface area contributed by atoms with Crippen LogP contribution in [0.3, 0.4) is 0 Å². The summed E-state index contributed by atoms with van der Waals surface area (Å²) in [6.45, 7) is 4.37. The van der Waals surface area contributed by atoms with Crippen LogP contribution in [-0.4, -0.2) is 19.9 Å². The molecule has 0 bridgehead atoms. The van der Waals surface area contributed by atoms with E-state index >= 15 is 0 Å². The lowest BCUT2D eigenvalue weighted by Gasteiger charge is -2.32. The normalized spacial score (nSPS) is 17.6. The van der Waals surface area contributed by atoms with Crippen LogP contribution in [0.2, 0.25) is 0 Å². The third-order valence-corrected chi connectivity index (χ3v) is 4.32. The van der Waals surface area contributed by atoms with E-state index in [0.717, 1.165) is 0 Å². The summed E-state index contributed by atoms with van der Waals surface area (Å²) in [5, 5.41) is 0. The summed E-state index contributed by atoms with van der Waals surface area (Å²) < 4.78 is 0. The predicted octanol–water partition coefficient (Wildman–Crippen LogP) is 4.35. The summed E-state index contributed by atoms with van der Waals surface area (Å²) in [6, 6.07) is 6.51. The third kappa shape index (κ3) is 2.99. The molecule has 1 aromatic rings. The van der Waals surface area contributed by atoms with Gasteiger partial charge in [-0.25, -0.2) is 0 Å². The number of rotatable bonds is 2. The largest absolute Gasteiger partial charge is 0.333 e. The fraction of sp³-hybridized carbons (Fsp3) is 0.588. The van der Waals surface area contributed by atoms with Crippen LogP contribution in [0, 0.1) is 19.8 Å². The number of hydrogen-bond donors (Lipinski definition) is 0. The highest BCUT2D eigenvalue weighted by molar-refractivity contribution is 6.00. The van der Waals surface area contributed by atoms with Gasteiger partial charge in [0.25, 0.3) is 0 Å². The Morgan fingerprint density at radius 3 is 2.21 bits per heavy atom. The van der Waals surface area contributed by atoms with Crippen molar-refractivity contribution in [2.45, 2.75) is 46.0 Å². The van der Waals surface area contributed by atoms with Crippen LogP contribution >= 0.6 is 0 Å². The molecule has 0 aromatic heterocycles. The molecule has 0 atom stereocenters. The van der Waals surface area contributed by atoms with Crippen molar-refractivity contribution in [1.29, 1.82) is 0 Å². The molecule has 2 nitrogen and oxygen atoms in total. The van der Waals surface area contributed by atoms with E-state index in [2.05, 4.69) is 49.0 Å². The number of para-hydroxylation sites is 1. The maximum atomic E-state index is 4.61. The number of aliphatic imine (C=N–C) groups is 1. The number of nitrogens with zero attached hydrogens (tertiary/aromatic N) is 2. The lowest BCUT2D eigenvalue weighted by atomic mass is 9.87. The molecule has 0 aliphatic heterocycles. The molecule has 0 unspecified atom stereocenters. The SMILES string of the molecule is C/N=C(/C1CCCCC1)N(C)c1c(C)cccc1C. The zero-order chi connectivity index (χ0) is 13.8. The van der Waals surface area contributed by atoms with Gasteiger partial charge in [0, 0.05) is 25.7 Å². The van der Waals surface area contributed by atoms with Gasteiger partial charge in [-0.3, -0.25) is 4.99 Å². The molecule has 0 N–H and O–H groups in total. The number of aryl methyl sites for hydroxylation is 2. The third-order valence-electron chi connectivity index (χ3n) is 4.32. The summed E-state index contributed by atoms with van der Waals surface area (Å²) in [4.78, 5) is 6.93. The van der Waals surface area contributed by atoms with Gasteiger partial charge in [0.05, 0.1) is 0 Å². The first-order valence-corrected chi connectivity index (χ1v) is 7.41. The molecule has 1 aromatic carbocycles. The van der Waals surface area contributed by atoms with Crippen LogP contribution in [0.4, 0.5) is 5.69 Å². The van der Waals surface area contributed by atoms with Crippen LogP contribution in [0.25, 0.3) is 0 Å². The second-order valence-electron chi connectivity index (χ2n) is 5.72. The second kappa shape index (κ2) is 6.23. The van der Waals surface area contributed by atoms with Crippen LogP contribution in [0.15, 0.2) is 23.2 Å². The zero-order valence-electron chi connectivity index (χ0n) is 12.7. The minimum Gasteiger partial charge on any atom is -0.333 e. The van der Waals surface area contributed by atoms with Crippen molar-refractivity contribution >= 4 is 11.5 Å². The molecule has 1 fully saturated rings. The summed E-state index contributed by atoms with van der Waals surface area (Å²) in [6.07, 6.45) is 6.68. The molecule has 2 heteroatoms. The van der Waals surface area contributed by atoms with Crippen molar-refractivity contribution in [1.82, 2.24) is 0 Å². The van der Waals surface area contributed by atoms with E-state index in [1.54, 1.807) is 0 Å². The Hall–Kier alpha value is -1.31. The van der Waals surface area contributed by atoms with Gasteiger partial charge in [-0.2, -0.15) is 0 Å². The van der Waals surface area contributed by atoms with Crippen LogP contribution < -0.4 is 4.90 Å². The van der Waals surface area contributed by atoms with E-state index in [1.807, 2.05) is 7.05 Å². The lowest BCUT2D eigenvalue weighted by Crippen LogP contribution is -2.35. The van der Waals surface area contributed by atoms with Gasteiger partial charge in [-0.05, 0) is 37.8 Å². The predicted molar refractivity (Wildman–Crippen MR) is 84.3 cm³/mol. The highest BCUT2D eigenvalue weighted by Crippen LogP contribution is 2.30. The van der Waals surface area contributed by atoms with Gasteiger partial charge >= 0.3 is 0 Å². The molecule has 1 saturated carbocycles. The molecule has 2 rings (SSSR count). The molecule has 0 saturated heterocycles. The van der Waals surface area contributed by atoms with Gasteiger partial charge in [0.1, 0.15) is 5.84 Å². The monoisotopic (exact) mass is 258 g/mol. The number of hydrogen-bond acceptors (Lipinski definition) is 1. The second-order valence-corrected chi connectivity index (χ2v) is 5.72. The van der Waals surface area contributed by atoms with Gasteiger partial charge in [-0.15, -0.1) is 0 Å². The van der Waals surface area contributed by atoms with Crippen molar-refractivity contribution in [3.05, 3.63) is 29.3 Å². The first-order chi connectivity index (χ1) is 9.15. The molecule has 0 amide bonds. The summed E-state index contributed by atoms with van der Waals surface area (Å²) in [7, 11) is 4.11. The van der Waals surface area contributed by atoms with E-state index in [0.29, 0.717) is 5.92 Å². The van der Waals surface area contributed by atoms with Crippen LogP contribution in [0.1, 0.15) is 43.2 Å². The maximum absolute atomic E-state index is 4.61. The summed E-state index contributed by atoms with van der Waals surface area (Å²) >= 11 is 0. The Kier molecular flexibility index (Phi) is 4.62. The summed E-state index contributed by atoms with van der Waals surface area (Å²) in [5.74, 6) is 1.90. The van der Waals surface area contributed by atoms with Gasteiger partial charge in [0.2, 0.25) is 0 Å². The fourth-order valence-electron chi connectivity index (χ4n) is 3.42. The zero-order valence-corrected chi connectivity index (χ0v) is 12.7. The first-order valence-electron chi connectivity index (χ1n) is 7.41. The number of amidine groups is 1. The van der Waals surface area contributed by atoms with E-state index in [-0.39, 0.29) is 0 Å². The quantitative estimate of drug-likeness (QED) is 0.569. The van der Waals surface area contributed by atoms with E-state index in [4.69, 9.17) is 0 Å². The smallest absolute Gasteiger partial charge is 0.106 e. The lowest BCUT2D eigenvalue weighted by molar-refractivity contribution is 0.436. The van der Waals surface area contributed by atoms with Gasteiger partial charge in [-0.1, -0.05) is 37.5 Å². The molecule has 0 spiro atoms. The first kappa shape index (κ1) is 14.1. The fourth-order valence-corrected chi connectivity index (χ4v) is 3.42. The molecule has 1 aliphatic carbocycles. The minimum atomic E-state index is 0.641. The standard InChI is InChI=1S/C17H26N2/c1-13-9-8-10-14(2)16(13)19(4)17(18-3)15-11-6-5-7-12-15/h8-10,15H,5-7,11-12H2,1-4H3/b18-17-. The van der Waals surface area contributed by atoms with Crippen molar-refractivity contribution in [3.8, 4) is 0 Å². The van der Waals surface area contributed by atoms with Crippen molar-refractivity contribution in [3.63, 3.8) is 0 Å². The number of benzene rings is 1. The average Bonchev–Trinajstić information content (AvgIpc) is 2.40. The van der Waals surface area contributed by atoms with Crippen molar-refractivity contribution in [2.75, 3.05) is 19.0 Å². The molecular weight excluding hydrogens is 232 g/mol. The van der Waals surface area contributed by atoms with E-state index in [9.17, 15) is 0 Å². The Labute approximate surface area is 117 Å². The molecular formula is C17H26N2. The molecule has 19 heavy (non-hydrogen) atoms. The molecule has 104 valence electrons. The van der Waals surface area contributed by atoms with Crippen molar-refractivity contribution in [2.24, 2.45) is 10.9 Å². The molecule has 1 aliphatic rings. The minimum absolute atomic E-state index is 0.641. The number of anilines is 1. The Bertz CT molecular complexity index is 436. The van der Waals surface area contributed by atoms with Crippen LogP contribution in [-0.2, 0) is 0 Å².